The first-order valence-corrected chi connectivity index (χ1v) is 17.3. The summed E-state index contributed by atoms with van der Waals surface area (Å²) in [6.45, 7) is -0.386. The first-order chi connectivity index (χ1) is 26.7. The summed E-state index contributed by atoms with van der Waals surface area (Å²) in [5, 5.41) is 57.2. The lowest BCUT2D eigenvalue weighted by molar-refractivity contribution is -0.353. The van der Waals surface area contributed by atoms with Gasteiger partial charge in [-0.05, 0) is 23.3 Å². The molecule has 0 radical (unpaired) electrons. The van der Waals surface area contributed by atoms with Gasteiger partial charge in [-0.15, -0.1) is 0 Å². The van der Waals surface area contributed by atoms with E-state index in [9.17, 15) is 35.1 Å². The lowest BCUT2D eigenvalue weighted by Gasteiger charge is -2.47. The Kier molecular flexibility index (Phi) is 9.63. The van der Waals surface area contributed by atoms with Crippen LogP contribution in [0.3, 0.4) is 0 Å². The lowest BCUT2D eigenvalue weighted by Crippen LogP contribution is -2.63. The predicted molar refractivity (Wildman–Crippen MR) is 189 cm³/mol. The van der Waals surface area contributed by atoms with Crippen LogP contribution in [0.2, 0.25) is 0 Å². The van der Waals surface area contributed by atoms with Crippen LogP contribution in [-0.4, -0.2) is 74.8 Å². The van der Waals surface area contributed by atoms with Gasteiger partial charge < -0.3 is 58.7 Å². The maximum Gasteiger partial charge on any atom is 0.339 e. The molecular formula is C41H34O14. The Bertz CT molecular complexity index is 2210. The molecule has 6 atom stereocenters. The molecule has 0 bridgehead atoms. The van der Waals surface area contributed by atoms with Crippen LogP contribution in [0.25, 0.3) is 11.1 Å². The Morgan fingerprint density at radius 2 is 1.07 bits per heavy atom. The Labute approximate surface area is 313 Å². The highest BCUT2D eigenvalue weighted by Crippen LogP contribution is 2.54. The number of carbonyl (C=O) groups is 2. The van der Waals surface area contributed by atoms with Crippen LogP contribution < -0.4 is 9.47 Å². The average Bonchev–Trinajstić information content (AvgIpc) is 3.19. The molecule has 3 heterocycles. The molecule has 0 saturated carbocycles. The van der Waals surface area contributed by atoms with Gasteiger partial charge in [0.25, 0.3) is 0 Å². The van der Waals surface area contributed by atoms with Gasteiger partial charge in [0.15, 0.2) is 47.8 Å². The third-order valence-corrected chi connectivity index (χ3v) is 9.47. The summed E-state index contributed by atoms with van der Waals surface area (Å²) in [7, 11) is 0. The minimum absolute atomic E-state index is 0.105. The molecule has 3 aliphatic heterocycles. The van der Waals surface area contributed by atoms with Crippen molar-refractivity contribution in [2.75, 3.05) is 6.61 Å². The van der Waals surface area contributed by atoms with Crippen molar-refractivity contribution in [1.29, 1.82) is 0 Å². The van der Waals surface area contributed by atoms with Crippen LogP contribution in [-0.2, 0) is 36.9 Å². The molecule has 14 heteroatoms. The van der Waals surface area contributed by atoms with Crippen molar-refractivity contribution in [1.82, 2.24) is 0 Å². The van der Waals surface area contributed by atoms with Crippen molar-refractivity contribution >= 4 is 11.9 Å². The van der Waals surface area contributed by atoms with Gasteiger partial charge in [0.05, 0.1) is 17.7 Å². The van der Waals surface area contributed by atoms with Crippen molar-refractivity contribution in [2.45, 2.75) is 50.2 Å². The van der Waals surface area contributed by atoms with Crippen LogP contribution in [0.5, 0.6) is 34.5 Å². The third kappa shape index (κ3) is 6.83. The number of benzene rings is 5. The molecule has 2 saturated heterocycles. The zero-order chi connectivity index (χ0) is 38.2. The zero-order valence-electron chi connectivity index (χ0n) is 28.8. The molecule has 0 aliphatic carbocycles. The maximum absolute atomic E-state index is 14.4. The van der Waals surface area contributed by atoms with Gasteiger partial charge in [0.1, 0.15) is 25.4 Å². The van der Waals surface area contributed by atoms with Crippen molar-refractivity contribution in [3.8, 4) is 45.6 Å². The molecule has 2 unspecified atom stereocenters. The SMILES string of the molecule is O=C1O[C@H]2[C@@H]3OC(c4ccccc4)OC[C@H]3OC(O)[C@@H]2OC(=O)c2cc(O)c(OCc3ccccc3)c(O)c2-c2c1cc(O)c(OCc1ccccc1)c2O. The van der Waals surface area contributed by atoms with Crippen molar-refractivity contribution in [3.05, 3.63) is 131 Å². The van der Waals surface area contributed by atoms with Crippen molar-refractivity contribution in [2.24, 2.45) is 0 Å². The standard InChI is InChI=1S/C41H34O14/c42-26-16-24-29(31(44)33(26)49-18-21-10-4-1-5-11-21)30-25(17-27(43)34(32(30)45)50-19-22-12-6-2-7-13-22)39(47)54-37-36(53-38(24)46)35-28(52-40(37)48)20-51-41(55-35)23-14-8-3-9-15-23/h1-17,28,35-37,40-45,48H,18-20H2/t28-,35-,36+,37-,40?,41?/m1/s1. The number of esters is 2. The van der Waals surface area contributed by atoms with Gasteiger partial charge in [0, 0.05) is 16.7 Å². The molecule has 282 valence electrons. The minimum atomic E-state index is -1.86. The van der Waals surface area contributed by atoms with E-state index in [2.05, 4.69) is 0 Å². The van der Waals surface area contributed by atoms with E-state index in [1.165, 1.54) is 0 Å². The van der Waals surface area contributed by atoms with Crippen LogP contribution >= 0.6 is 0 Å². The summed E-state index contributed by atoms with van der Waals surface area (Å²) >= 11 is 0. The quantitative estimate of drug-likeness (QED) is 0.136. The molecule has 5 aromatic rings. The highest BCUT2D eigenvalue weighted by Gasteiger charge is 2.54. The number of hydrogen-bond acceptors (Lipinski definition) is 14. The molecule has 8 rings (SSSR count). The van der Waals surface area contributed by atoms with Gasteiger partial charge in [-0.25, -0.2) is 9.59 Å². The molecule has 55 heavy (non-hydrogen) atoms. The molecule has 0 aromatic heterocycles. The summed E-state index contributed by atoms with van der Waals surface area (Å²) in [5.74, 6) is -6.53. The Morgan fingerprint density at radius 3 is 1.58 bits per heavy atom. The van der Waals surface area contributed by atoms with Gasteiger partial charge in [-0.1, -0.05) is 91.0 Å². The summed E-state index contributed by atoms with van der Waals surface area (Å²) in [6, 6.07) is 28.4. The van der Waals surface area contributed by atoms with E-state index in [0.29, 0.717) is 16.7 Å². The first kappa shape index (κ1) is 35.7. The van der Waals surface area contributed by atoms with Crippen molar-refractivity contribution < 1.29 is 68.3 Å². The Hall–Kier alpha value is -6.32. The highest BCUT2D eigenvalue weighted by molar-refractivity contribution is 6.08. The predicted octanol–water partition coefficient (Wildman–Crippen LogP) is 5.23. The van der Waals surface area contributed by atoms with Crippen LogP contribution in [0.4, 0.5) is 0 Å². The smallest absolute Gasteiger partial charge is 0.339 e. The molecule has 0 spiro atoms. The molecule has 2 fully saturated rings. The molecule has 14 nitrogen and oxygen atoms in total. The topological polar surface area (TPSA) is 200 Å². The number of aliphatic hydroxyl groups excluding tert-OH is 1. The number of hydrogen-bond donors (Lipinski definition) is 5. The fraction of sp³-hybridized carbons (Fsp3) is 0.220. The Morgan fingerprint density at radius 1 is 0.600 bits per heavy atom. The number of carbonyl (C=O) groups excluding carboxylic acids is 2. The lowest BCUT2D eigenvalue weighted by atomic mass is 9.90. The van der Waals surface area contributed by atoms with Crippen molar-refractivity contribution in [3.63, 3.8) is 0 Å². The fourth-order valence-corrected chi connectivity index (χ4v) is 6.82. The molecule has 0 amide bonds. The fourth-order valence-electron chi connectivity index (χ4n) is 6.82. The van der Waals surface area contributed by atoms with Gasteiger partial charge in [-0.2, -0.15) is 0 Å². The largest absolute Gasteiger partial charge is 0.504 e. The summed E-state index contributed by atoms with van der Waals surface area (Å²) in [6.07, 6.45) is -8.24. The van der Waals surface area contributed by atoms with E-state index in [0.717, 1.165) is 12.1 Å². The number of aromatic hydroxyl groups is 4. The van der Waals surface area contributed by atoms with E-state index in [1.807, 2.05) is 0 Å². The number of phenols is 4. The number of aliphatic hydroxyl groups is 1. The third-order valence-electron chi connectivity index (χ3n) is 9.47. The highest BCUT2D eigenvalue weighted by atomic mass is 16.7. The zero-order valence-corrected chi connectivity index (χ0v) is 28.8. The Balaban J connectivity index is 1.26. The number of fused-ring (bicyclic) bond motifs is 6. The van der Waals surface area contributed by atoms with Crippen LogP contribution in [0.15, 0.2) is 103 Å². The maximum atomic E-state index is 14.4. The van der Waals surface area contributed by atoms with E-state index < -0.39 is 106 Å². The summed E-state index contributed by atoms with van der Waals surface area (Å²) < 4.78 is 41.2. The van der Waals surface area contributed by atoms with Crippen LogP contribution in [0.1, 0.15) is 43.7 Å². The number of phenolic OH excluding ortho intramolecular Hbond substituents is 4. The molecule has 3 aliphatic rings. The normalized spacial score (nSPS) is 23.1. The summed E-state index contributed by atoms with van der Waals surface area (Å²) in [4.78, 5) is 28.6. The van der Waals surface area contributed by atoms with Gasteiger partial charge in [0.2, 0.25) is 11.5 Å². The van der Waals surface area contributed by atoms with Crippen LogP contribution in [0, 0.1) is 0 Å². The number of rotatable bonds is 7. The van der Waals surface area contributed by atoms with Gasteiger partial charge >= 0.3 is 11.9 Å². The molecular weight excluding hydrogens is 716 g/mol. The monoisotopic (exact) mass is 750 g/mol. The molecule has 5 N–H and O–H groups in total. The average molecular weight is 751 g/mol. The second kappa shape index (κ2) is 14.8. The van der Waals surface area contributed by atoms with E-state index in [-0.39, 0.29) is 19.8 Å². The second-order valence-corrected chi connectivity index (χ2v) is 13.0. The van der Waals surface area contributed by atoms with E-state index in [4.69, 9.17) is 33.2 Å². The number of ether oxygens (including phenoxy) is 7. The first-order valence-electron chi connectivity index (χ1n) is 17.3. The van der Waals surface area contributed by atoms with E-state index in [1.54, 1.807) is 91.0 Å². The summed E-state index contributed by atoms with van der Waals surface area (Å²) in [5.41, 5.74) is -0.189. The van der Waals surface area contributed by atoms with Gasteiger partial charge in [-0.3, -0.25) is 0 Å². The molecule has 5 aromatic carbocycles. The van der Waals surface area contributed by atoms with E-state index >= 15 is 0 Å². The minimum Gasteiger partial charge on any atom is -0.504 e. The second-order valence-electron chi connectivity index (χ2n) is 13.0.